The number of rotatable bonds is 17. The molecular weight excluding hydrogens is 797 g/mol. The fourth-order valence-electron chi connectivity index (χ4n) is 6.24. The first-order valence-corrected chi connectivity index (χ1v) is 21.5. The molecule has 1 saturated heterocycles. The van der Waals surface area contributed by atoms with Crippen LogP contribution in [-0.2, 0) is 51.0 Å². The van der Waals surface area contributed by atoms with E-state index in [0.717, 1.165) is 51.7 Å². The summed E-state index contributed by atoms with van der Waals surface area (Å²) in [7, 11) is -1.19. The van der Waals surface area contributed by atoms with Gasteiger partial charge in [-0.2, -0.15) is 18.8 Å². The summed E-state index contributed by atoms with van der Waals surface area (Å²) in [5, 5.41) is 10.8. The van der Waals surface area contributed by atoms with Gasteiger partial charge in [0.2, 0.25) is 0 Å². The topological polar surface area (TPSA) is 167 Å². The lowest BCUT2D eigenvalue weighted by Crippen LogP contribution is -2.31. The van der Waals surface area contributed by atoms with E-state index in [4.69, 9.17) is 23.7 Å². The number of ether oxygens (including phenoxy) is 5. The number of hydrogen-bond donors (Lipinski definition) is 1. The zero-order valence-corrected chi connectivity index (χ0v) is 34.9. The van der Waals surface area contributed by atoms with Gasteiger partial charge < -0.3 is 23.7 Å². The van der Waals surface area contributed by atoms with Crippen LogP contribution in [0.15, 0.2) is 132 Å². The van der Waals surface area contributed by atoms with Gasteiger partial charge in [-0.25, -0.2) is 16.8 Å². The van der Waals surface area contributed by atoms with E-state index < -0.39 is 20.0 Å². The normalized spacial score (nSPS) is 14.2. The second-order valence-electron chi connectivity index (χ2n) is 13.5. The Bertz CT molecular complexity index is 2320. The molecule has 59 heavy (non-hydrogen) atoms. The van der Waals surface area contributed by atoms with Crippen LogP contribution in [0.25, 0.3) is 0 Å². The number of benzene rings is 4. The molecule has 0 amide bonds. The molecule has 7 rings (SSSR count). The molecule has 4 aromatic carbocycles. The molecule has 0 radical (unpaired) electrons. The second kappa shape index (κ2) is 19.8. The van der Waals surface area contributed by atoms with E-state index in [9.17, 15) is 16.8 Å². The van der Waals surface area contributed by atoms with Gasteiger partial charge in [0.15, 0.2) is 10.1 Å². The van der Waals surface area contributed by atoms with Crippen LogP contribution in [-0.4, -0.2) is 87.1 Å². The van der Waals surface area contributed by atoms with E-state index in [1.165, 1.54) is 20.9 Å². The van der Waals surface area contributed by atoms with Crippen molar-refractivity contribution in [3.63, 3.8) is 0 Å². The summed E-state index contributed by atoms with van der Waals surface area (Å²) in [5.74, 6) is 2.88. The highest BCUT2D eigenvalue weighted by Gasteiger charge is 2.30. The van der Waals surface area contributed by atoms with Crippen LogP contribution < -0.4 is 18.9 Å². The monoisotopic (exact) mass is 844 g/mol. The number of nitrogens with one attached hydrogen (secondary N) is 1. The Balaban J connectivity index is 0.000000201. The van der Waals surface area contributed by atoms with Crippen molar-refractivity contribution in [1.82, 2.24) is 28.6 Å². The average molecular weight is 845 g/mol. The Morgan fingerprint density at radius 3 is 1.36 bits per heavy atom. The third-order valence-electron chi connectivity index (χ3n) is 9.63. The molecule has 1 aliphatic heterocycles. The summed E-state index contributed by atoms with van der Waals surface area (Å²) in [5.41, 5.74) is 3.41. The third-order valence-corrected chi connectivity index (χ3v) is 13.0. The van der Waals surface area contributed by atoms with Gasteiger partial charge in [0.05, 0.1) is 47.3 Å². The van der Waals surface area contributed by atoms with Gasteiger partial charge >= 0.3 is 0 Å². The Labute approximate surface area is 345 Å². The van der Waals surface area contributed by atoms with E-state index in [2.05, 4.69) is 15.3 Å². The van der Waals surface area contributed by atoms with Crippen molar-refractivity contribution >= 4 is 20.0 Å². The van der Waals surface area contributed by atoms with Crippen molar-refractivity contribution in [3.8, 4) is 23.0 Å². The average Bonchev–Trinajstić information content (AvgIpc) is 4.09. The Morgan fingerprint density at radius 1 is 0.610 bits per heavy atom. The van der Waals surface area contributed by atoms with Gasteiger partial charge in [-0.15, -0.1) is 0 Å². The van der Waals surface area contributed by atoms with Crippen molar-refractivity contribution in [1.29, 1.82) is 0 Å². The quantitative estimate of drug-likeness (QED) is 0.113. The molecule has 0 bridgehead atoms. The van der Waals surface area contributed by atoms with Crippen LogP contribution in [0, 0.1) is 0 Å². The lowest BCUT2D eigenvalue weighted by molar-refractivity contribution is 0.184. The third kappa shape index (κ3) is 11.1. The number of nitrogens with zero attached hydrogens (tertiary/aromatic N) is 5. The SMILES string of the molecule is COc1ccc(CN(Cc2ccc(OC)cc2)S(=O)(=O)c2ccn(C3CCOC3)n2)cc1.COc1ccc(CN(Cc2ccc(OC)cc2)S(=O)(=O)c2ccn[nH]2)cc1. The summed E-state index contributed by atoms with van der Waals surface area (Å²) in [6.45, 7) is 2.06. The first-order valence-electron chi connectivity index (χ1n) is 18.7. The van der Waals surface area contributed by atoms with Crippen molar-refractivity contribution in [2.75, 3.05) is 41.7 Å². The molecule has 0 spiro atoms. The van der Waals surface area contributed by atoms with Crippen LogP contribution in [0.3, 0.4) is 0 Å². The highest BCUT2D eigenvalue weighted by molar-refractivity contribution is 7.89. The van der Waals surface area contributed by atoms with E-state index >= 15 is 0 Å². The zero-order valence-electron chi connectivity index (χ0n) is 33.3. The standard InChI is InChI=1S/C23H27N3O5S.C19H21N3O4S/c1-29-21-7-3-18(4-8-21)15-25(16-19-5-9-22(30-2)10-6-19)32(27,28)23-11-13-26(24-23)20-12-14-31-17-20;1-25-17-7-3-15(4-8-17)13-22(27(23,24)19-11-12-20-21-19)14-16-5-9-18(26-2)10-6-16/h3-11,13,20H,12,14-17H2,1-2H3;3-12H,13-14H2,1-2H3,(H,20,21). The van der Waals surface area contributed by atoms with E-state index in [0.29, 0.717) is 13.2 Å². The van der Waals surface area contributed by atoms with E-state index in [1.807, 2.05) is 97.1 Å². The largest absolute Gasteiger partial charge is 0.497 e. The number of hydrogen-bond acceptors (Lipinski definition) is 11. The molecular formula is C42H48N6O9S2. The maximum absolute atomic E-state index is 13.6. The first-order chi connectivity index (χ1) is 28.5. The molecule has 1 fully saturated rings. The van der Waals surface area contributed by atoms with Crippen molar-refractivity contribution in [2.45, 2.75) is 48.7 Å². The summed E-state index contributed by atoms with van der Waals surface area (Å²) in [4.78, 5) is 0. The number of sulfonamides is 2. The van der Waals surface area contributed by atoms with Crippen LogP contribution >= 0.6 is 0 Å². The molecule has 6 aromatic rings. The van der Waals surface area contributed by atoms with Crippen LogP contribution in [0.4, 0.5) is 0 Å². The van der Waals surface area contributed by atoms with E-state index in [1.54, 1.807) is 45.4 Å². The summed E-state index contributed by atoms with van der Waals surface area (Å²) in [6.07, 6.45) is 3.96. The number of H-pyrrole nitrogens is 1. The molecule has 2 aromatic heterocycles. The minimum atomic E-state index is -3.84. The van der Waals surface area contributed by atoms with Crippen LogP contribution in [0.1, 0.15) is 34.7 Å². The van der Waals surface area contributed by atoms with Gasteiger partial charge in [0.1, 0.15) is 23.0 Å². The van der Waals surface area contributed by atoms with Gasteiger partial charge in [-0.3, -0.25) is 9.78 Å². The van der Waals surface area contributed by atoms with Gasteiger partial charge in [0, 0.05) is 39.0 Å². The van der Waals surface area contributed by atoms with E-state index in [-0.39, 0.29) is 42.3 Å². The van der Waals surface area contributed by atoms with Gasteiger partial charge in [-0.1, -0.05) is 48.5 Å². The predicted molar refractivity (Wildman–Crippen MR) is 220 cm³/mol. The van der Waals surface area contributed by atoms with Crippen molar-refractivity contribution < 1.29 is 40.5 Å². The molecule has 1 unspecified atom stereocenters. The Morgan fingerprint density at radius 2 is 1.02 bits per heavy atom. The molecule has 15 nitrogen and oxygen atoms in total. The smallest absolute Gasteiger partial charge is 0.262 e. The van der Waals surface area contributed by atoms with Gasteiger partial charge in [-0.05, 0) is 89.3 Å². The molecule has 1 N–H and O–H groups in total. The van der Waals surface area contributed by atoms with Crippen molar-refractivity contribution in [3.05, 3.63) is 144 Å². The number of methoxy groups -OCH3 is 4. The lowest BCUT2D eigenvalue weighted by atomic mass is 10.2. The molecule has 3 heterocycles. The minimum Gasteiger partial charge on any atom is -0.497 e. The van der Waals surface area contributed by atoms with Crippen LogP contribution in [0.2, 0.25) is 0 Å². The fraction of sp³-hybridized carbons (Fsp3) is 0.286. The molecule has 1 aliphatic rings. The number of aromatic amines is 1. The summed E-state index contributed by atoms with van der Waals surface area (Å²) in [6, 6.07) is 32.5. The fourth-order valence-corrected chi connectivity index (χ4v) is 8.89. The second-order valence-corrected chi connectivity index (χ2v) is 17.3. The highest BCUT2D eigenvalue weighted by atomic mass is 32.2. The Hall–Kier alpha value is -5.72. The number of aromatic nitrogens is 4. The maximum atomic E-state index is 13.6. The summed E-state index contributed by atoms with van der Waals surface area (Å²) < 4.78 is 84.0. The van der Waals surface area contributed by atoms with Crippen LogP contribution in [0.5, 0.6) is 23.0 Å². The lowest BCUT2D eigenvalue weighted by Gasteiger charge is -2.22. The molecule has 1 atom stereocenters. The molecule has 17 heteroatoms. The maximum Gasteiger partial charge on any atom is 0.262 e. The predicted octanol–water partition coefficient (Wildman–Crippen LogP) is 6.07. The highest BCUT2D eigenvalue weighted by Crippen LogP contribution is 2.26. The zero-order chi connectivity index (χ0) is 41.8. The molecule has 0 aliphatic carbocycles. The molecule has 0 saturated carbocycles. The first kappa shape index (κ1) is 42.9. The molecule has 312 valence electrons. The minimum absolute atomic E-state index is 0.0337. The van der Waals surface area contributed by atoms with Crippen molar-refractivity contribution in [2.24, 2.45) is 0 Å². The Kier molecular flexibility index (Phi) is 14.4. The van der Waals surface area contributed by atoms with Gasteiger partial charge in [0.25, 0.3) is 20.0 Å². The summed E-state index contributed by atoms with van der Waals surface area (Å²) >= 11 is 0.